The van der Waals surface area contributed by atoms with E-state index in [0.717, 1.165) is 16.7 Å². The van der Waals surface area contributed by atoms with E-state index in [4.69, 9.17) is 23.2 Å². The molecule has 3 amide bonds. The summed E-state index contributed by atoms with van der Waals surface area (Å²) in [5, 5.41) is 11.6. The SMILES string of the molecule is O=C(CSc1nnc2c(Cl)cc(Cl)cn12)NCCN1C(=O)CSC1=O. The van der Waals surface area contributed by atoms with Crippen molar-refractivity contribution in [3.05, 3.63) is 22.3 Å². The Morgan fingerprint density at radius 1 is 1.36 bits per heavy atom. The molecule has 2 aromatic heterocycles. The molecule has 0 saturated carbocycles. The lowest BCUT2D eigenvalue weighted by Crippen LogP contribution is -2.38. The van der Waals surface area contributed by atoms with Crippen molar-refractivity contribution in [2.75, 3.05) is 24.6 Å². The lowest BCUT2D eigenvalue weighted by molar-refractivity contribution is -0.125. The number of nitrogens with zero attached hydrogens (tertiary/aromatic N) is 4. The van der Waals surface area contributed by atoms with Gasteiger partial charge in [-0.25, -0.2) is 0 Å². The summed E-state index contributed by atoms with van der Waals surface area (Å²) in [6, 6.07) is 1.56. The minimum atomic E-state index is -0.280. The van der Waals surface area contributed by atoms with Gasteiger partial charge in [-0.2, -0.15) is 0 Å². The number of carbonyl (C=O) groups excluding carboxylic acids is 3. The predicted molar refractivity (Wildman–Crippen MR) is 96.3 cm³/mol. The monoisotopic (exact) mass is 419 g/mol. The topological polar surface area (TPSA) is 96.7 Å². The third-order valence-electron chi connectivity index (χ3n) is 3.23. The molecule has 1 fully saturated rings. The minimum Gasteiger partial charge on any atom is -0.354 e. The lowest BCUT2D eigenvalue weighted by atomic mass is 10.5. The van der Waals surface area contributed by atoms with Crippen molar-refractivity contribution < 1.29 is 14.4 Å². The fourth-order valence-corrected chi connectivity index (χ4v) is 4.09. The van der Waals surface area contributed by atoms with Gasteiger partial charge < -0.3 is 5.32 Å². The van der Waals surface area contributed by atoms with Crippen molar-refractivity contribution in [1.29, 1.82) is 0 Å². The Morgan fingerprint density at radius 2 is 2.16 bits per heavy atom. The van der Waals surface area contributed by atoms with Gasteiger partial charge >= 0.3 is 0 Å². The van der Waals surface area contributed by atoms with Gasteiger partial charge in [0.05, 0.1) is 21.6 Å². The van der Waals surface area contributed by atoms with E-state index >= 15 is 0 Å². The second-order valence-corrected chi connectivity index (χ2v) is 7.63. The number of halogens is 2. The normalized spacial score (nSPS) is 14.6. The average molecular weight is 420 g/mol. The maximum absolute atomic E-state index is 11.9. The Labute approximate surface area is 160 Å². The standard InChI is InChI=1S/C13H11Cl2N5O3S2/c14-7-3-8(15)11-17-18-12(20(11)4-7)24-5-9(21)16-1-2-19-10(22)6-25-13(19)23/h3-4H,1-2,5-6H2,(H,16,21). The quantitative estimate of drug-likeness (QED) is 0.714. The van der Waals surface area contributed by atoms with E-state index in [1.54, 1.807) is 16.7 Å². The van der Waals surface area contributed by atoms with Crippen LogP contribution >= 0.6 is 46.7 Å². The van der Waals surface area contributed by atoms with Crippen LogP contribution in [0.4, 0.5) is 4.79 Å². The minimum absolute atomic E-state index is 0.0988. The Bertz CT molecular complexity index is 844. The highest BCUT2D eigenvalue weighted by Gasteiger charge is 2.29. The van der Waals surface area contributed by atoms with E-state index in [-0.39, 0.29) is 41.6 Å². The number of nitrogens with one attached hydrogen (secondary N) is 1. The van der Waals surface area contributed by atoms with Gasteiger partial charge in [-0.3, -0.25) is 23.7 Å². The Hall–Kier alpha value is -1.49. The molecule has 0 aliphatic carbocycles. The number of aromatic nitrogens is 3. The highest BCUT2D eigenvalue weighted by atomic mass is 35.5. The first kappa shape index (κ1) is 18.3. The van der Waals surface area contributed by atoms with E-state index in [1.807, 2.05) is 0 Å². The summed E-state index contributed by atoms with van der Waals surface area (Å²) in [6.45, 7) is 0.371. The van der Waals surface area contributed by atoms with E-state index in [2.05, 4.69) is 15.5 Å². The number of rotatable bonds is 6. The van der Waals surface area contributed by atoms with E-state index in [0.29, 0.717) is 20.8 Å². The van der Waals surface area contributed by atoms with Gasteiger partial charge in [-0.1, -0.05) is 46.7 Å². The molecular formula is C13H11Cl2N5O3S2. The zero-order chi connectivity index (χ0) is 18.0. The lowest BCUT2D eigenvalue weighted by Gasteiger charge is -2.12. The first-order chi connectivity index (χ1) is 12.0. The third-order valence-corrected chi connectivity index (χ3v) is 5.51. The smallest absolute Gasteiger partial charge is 0.288 e. The van der Waals surface area contributed by atoms with Crippen molar-refractivity contribution in [1.82, 2.24) is 24.8 Å². The number of hydrogen-bond donors (Lipinski definition) is 1. The molecule has 1 aliphatic rings. The number of thioether (sulfide) groups is 2. The average Bonchev–Trinajstić information content (AvgIpc) is 3.10. The highest BCUT2D eigenvalue weighted by Crippen LogP contribution is 2.25. The first-order valence-electron chi connectivity index (χ1n) is 7.02. The van der Waals surface area contributed by atoms with Crippen LogP contribution in [0.5, 0.6) is 0 Å². The molecule has 0 aromatic carbocycles. The van der Waals surface area contributed by atoms with Gasteiger partial charge in [0, 0.05) is 19.3 Å². The molecule has 0 unspecified atom stereocenters. The Morgan fingerprint density at radius 3 is 2.88 bits per heavy atom. The summed E-state index contributed by atoms with van der Waals surface area (Å²) in [5.74, 6) is -0.223. The molecule has 1 aliphatic heterocycles. The van der Waals surface area contributed by atoms with Crippen LogP contribution in [0.1, 0.15) is 0 Å². The number of carbonyl (C=O) groups is 3. The van der Waals surface area contributed by atoms with Crippen LogP contribution in [0.2, 0.25) is 10.0 Å². The van der Waals surface area contributed by atoms with Gasteiger partial charge in [-0.05, 0) is 6.07 Å². The molecule has 0 bridgehead atoms. The Kier molecular flexibility index (Phi) is 5.72. The predicted octanol–water partition coefficient (Wildman–Crippen LogP) is 1.94. The third kappa shape index (κ3) is 4.20. The van der Waals surface area contributed by atoms with Crippen LogP contribution in [0.15, 0.2) is 17.4 Å². The molecule has 0 spiro atoms. The van der Waals surface area contributed by atoms with Crippen LogP contribution in [-0.4, -0.2) is 61.1 Å². The van der Waals surface area contributed by atoms with Crippen LogP contribution in [-0.2, 0) is 9.59 Å². The molecule has 0 atom stereocenters. The van der Waals surface area contributed by atoms with Crippen molar-refractivity contribution in [2.24, 2.45) is 0 Å². The van der Waals surface area contributed by atoms with Gasteiger partial charge in [0.25, 0.3) is 5.24 Å². The molecule has 2 aromatic rings. The first-order valence-corrected chi connectivity index (χ1v) is 9.75. The number of imide groups is 1. The molecule has 12 heteroatoms. The number of hydrogen-bond acceptors (Lipinski definition) is 7. The van der Waals surface area contributed by atoms with Crippen molar-refractivity contribution in [2.45, 2.75) is 5.16 Å². The van der Waals surface area contributed by atoms with Crippen LogP contribution < -0.4 is 5.32 Å². The largest absolute Gasteiger partial charge is 0.354 e. The number of amides is 3. The summed E-state index contributed by atoms with van der Waals surface area (Å²) in [5.41, 5.74) is 0.456. The number of fused-ring (bicyclic) bond motifs is 1. The molecule has 3 rings (SSSR count). The zero-order valence-corrected chi connectivity index (χ0v) is 15.7. The summed E-state index contributed by atoms with van der Waals surface area (Å²) in [6.07, 6.45) is 1.62. The fraction of sp³-hybridized carbons (Fsp3) is 0.308. The van der Waals surface area contributed by atoms with Crippen LogP contribution in [0.3, 0.4) is 0 Å². The summed E-state index contributed by atoms with van der Waals surface area (Å²) in [4.78, 5) is 35.9. The Balaban J connectivity index is 1.51. The molecular weight excluding hydrogens is 409 g/mol. The fourth-order valence-electron chi connectivity index (χ4n) is 2.09. The number of pyridine rings is 1. The van der Waals surface area contributed by atoms with Gasteiger partial charge in [0.1, 0.15) is 0 Å². The maximum atomic E-state index is 11.9. The summed E-state index contributed by atoms with van der Waals surface area (Å²) in [7, 11) is 0. The van der Waals surface area contributed by atoms with E-state index in [9.17, 15) is 14.4 Å². The second kappa shape index (κ2) is 7.81. The molecule has 1 saturated heterocycles. The van der Waals surface area contributed by atoms with E-state index in [1.165, 1.54) is 11.8 Å². The van der Waals surface area contributed by atoms with Crippen molar-refractivity contribution in [3.63, 3.8) is 0 Å². The molecule has 0 radical (unpaired) electrons. The van der Waals surface area contributed by atoms with Gasteiger partial charge in [0.2, 0.25) is 11.8 Å². The van der Waals surface area contributed by atoms with Crippen LogP contribution in [0.25, 0.3) is 5.65 Å². The van der Waals surface area contributed by atoms with Crippen LogP contribution in [0, 0.1) is 0 Å². The maximum Gasteiger partial charge on any atom is 0.288 e. The molecule has 25 heavy (non-hydrogen) atoms. The van der Waals surface area contributed by atoms with Crippen molar-refractivity contribution >= 4 is 69.4 Å². The summed E-state index contributed by atoms with van der Waals surface area (Å²) < 4.78 is 1.61. The van der Waals surface area contributed by atoms with Crippen molar-refractivity contribution in [3.8, 4) is 0 Å². The molecule has 3 heterocycles. The molecule has 8 nitrogen and oxygen atoms in total. The van der Waals surface area contributed by atoms with Gasteiger partial charge in [-0.15, -0.1) is 10.2 Å². The molecule has 132 valence electrons. The second-order valence-electron chi connectivity index (χ2n) is 4.92. The van der Waals surface area contributed by atoms with E-state index < -0.39 is 0 Å². The van der Waals surface area contributed by atoms with Gasteiger partial charge in [0.15, 0.2) is 10.8 Å². The molecule has 1 N–H and O–H groups in total. The zero-order valence-electron chi connectivity index (χ0n) is 12.6. The summed E-state index contributed by atoms with van der Waals surface area (Å²) >= 11 is 14.1. The highest BCUT2D eigenvalue weighted by molar-refractivity contribution is 8.14.